The predicted molar refractivity (Wildman–Crippen MR) is 97.6 cm³/mol. The Balaban J connectivity index is 1.41. The molecule has 0 radical (unpaired) electrons. The second-order valence-electron chi connectivity index (χ2n) is 7.20. The number of hydrogen-bond donors (Lipinski definition) is 0. The molecule has 0 aromatic heterocycles. The number of carbonyl (C=O) groups is 2. The van der Waals surface area contributed by atoms with Crippen molar-refractivity contribution in [3.05, 3.63) is 71.3 Å². The summed E-state index contributed by atoms with van der Waals surface area (Å²) in [6.07, 6.45) is 3.06. The zero-order valence-corrected chi connectivity index (χ0v) is 14.4. The van der Waals surface area contributed by atoms with Gasteiger partial charge in [0.15, 0.2) is 5.78 Å². The van der Waals surface area contributed by atoms with Crippen molar-refractivity contribution >= 4 is 11.7 Å². The first kappa shape index (κ1) is 16.1. The van der Waals surface area contributed by atoms with Crippen LogP contribution in [0, 0.1) is 5.92 Å². The zero-order valence-electron chi connectivity index (χ0n) is 14.4. The van der Waals surface area contributed by atoms with Gasteiger partial charge < -0.3 is 4.90 Å². The van der Waals surface area contributed by atoms with Crippen LogP contribution in [0.15, 0.2) is 54.6 Å². The van der Waals surface area contributed by atoms with Crippen molar-refractivity contribution in [3.8, 4) is 0 Å². The third-order valence-electron chi connectivity index (χ3n) is 5.64. The summed E-state index contributed by atoms with van der Waals surface area (Å²) in [7, 11) is 0. The predicted octanol–water partition coefficient (Wildman–Crippen LogP) is 3.84. The van der Waals surface area contributed by atoms with Crippen LogP contribution < -0.4 is 0 Å². The Morgan fingerprint density at radius 2 is 1.56 bits per heavy atom. The van der Waals surface area contributed by atoms with E-state index in [9.17, 15) is 9.59 Å². The SMILES string of the molecule is O=C1CC(C(=O)N2CCC(c3ccccc3)CC2)Cc2ccccc21. The van der Waals surface area contributed by atoms with Gasteiger partial charge in [0.05, 0.1) is 0 Å². The summed E-state index contributed by atoms with van der Waals surface area (Å²) >= 11 is 0. The summed E-state index contributed by atoms with van der Waals surface area (Å²) in [4.78, 5) is 27.3. The molecule has 0 saturated carbocycles. The number of rotatable bonds is 2. The van der Waals surface area contributed by atoms with Gasteiger partial charge in [0.25, 0.3) is 0 Å². The highest BCUT2D eigenvalue weighted by atomic mass is 16.2. The van der Waals surface area contributed by atoms with E-state index in [0.717, 1.165) is 37.1 Å². The summed E-state index contributed by atoms with van der Waals surface area (Å²) in [6, 6.07) is 18.3. The molecule has 1 saturated heterocycles. The van der Waals surface area contributed by atoms with Crippen LogP contribution in [0.5, 0.6) is 0 Å². The van der Waals surface area contributed by atoms with Crippen molar-refractivity contribution in [2.24, 2.45) is 5.92 Å². The molecule has 4 rings (SSSR count). The number of likely N-dealkylation sites (tertiary alicyclic amines) is 1. The van der Waals surface area contributed by atoms with E-state index in [1.54, 1.807) is 0 Å². The number of hydrogen-bond acceptors (Lipinski definition) is 2. The van der Waals surface area contributed by atoms with Crippen LogP contribution >= 0.6 is 0 Å². The molecule has 0 N–H and O–H groups in total. The lowest BCUT2D eigenvalue weighted by atomic mass is 9.81. The summed E-state index contributed by atoms with van der Waals surface area (Å²) in [5.41, 5.74) is 3.20. The smallest absolute Gasteiger partial charge is 0.226 e. The molecule has 2 aromatic carbocycles. The lowest BCUT2D eigenvalue weighted by Crippen LogP contribution is -2.43. The van der Waals surface area contributed by atoms with E-state index in [-0.39, 0.29) is 17.6 Å². The van der Waals surface area contributed by atoms with E-state index in [4.69, 9.17) is 0 Å². The molecule has 0 spiro atoms. The van der Waals surface area contributed by atoms with Crippen LogP contribution in [0.2, 0.25) is 0 Å². The minimum atomic E-state index is -0.185. The Morgan fingerprint density at radius 1 is 0.880 bits per heavy atom. The monoisotopic (exact) mass is 333 g/mol. The summed E-state index contributed by atoms with van der Waals surface area (Å²) in [6.45, 7) is 1.59. The first-order valence-corrected chi connectivity index (χ1v) is 9.17. The Kier molecular flexibility index (Phi) is 4.39. The van der Waals surface area contributed by atoms with Crippen molar-refractivity contribution in [3.63, 3.8) is 0 Å². The molecular formula is C22H23NO2. The number of carbonyl (C=O) groups excluding carboxylic acids is 2. The molecule has 0 bridgehead atoms. The van der Waals surface area contributed by atoms with Gasteiger partial charge in [-0.3, -0.25) is 9.59 Å². The van der Waals surface area contributed by atoms with Crippen molar-refractivity contribution < 1.29 is 9.59 Å². The number of nitrogens with zero attached hydrogens (tertiary/aromatic N) is 1. The Labute approximate surface area is 148 Å². The van der Waals surface area contributed by atoms with Crippen LogP contribution in [0.25, 0.3) is 0 Å². The second kappa shape index (κ2) is 6.83. The number of benzene rings is 2. The Morgan fingerprint density at radius 3 is 2.32 bits per heavy atom. The van der Waals surface area contributed by atoms with E-state index in [2.05, 4.69) is 24.3 Å². The second-order valence-corrected chi connectivity index (χ2v) is 7.20. The van der Waals surface area contributed by atoms with Gasteiger partial charge >= 0.3 is 0 Å². The van der Waals surface area contributed by atoms with E-state index in [1.807, 2.05) is 35.2 Å². The fraction of sp³-hybridized carbons (Fsp3) is 0.364. The molecule has 3 nitrogen and oxygen atoms in total. The molecular weight excluding hydrogens is 310 g/mol. The molecule has 3 heteroatoms. The van der Waals surface area contributed by atoms with Gasteiger partial charge in [0.2, 0.25) is 5.91 Å². The van der Waals surface area contributed by atoms with Crippen molar-refractivity contribution in [2.75, 3.05) is 13.1 Å². The fourth-order valence-electron chi connectivity index (χ4n) is 4.23. The maximum absolute atomic E-state index is 12.9. The largest absolute Gasteiger partial charge is 0.342 e. The lowest BCUT2D eigenvalue weighted by molar-refractivity contribution is -0.136. The van der Waals surface area contributed by atoms with E-state index >= 15 is 0 Å². The van der Waals surface area contributed by atoms with Gasteiger partial charge in [-0.05, 0) is 36.3 Å². The molecule has 1 unspecified atom stereocenters. The molecule has 1 atom stereocenters. The average Bonchev–Trinajstić information content (AvgIpc) is 2.68. The molecule has 1 amide bonds. The topological polar surface area (TPSA) is 37.4 Å². The third kappa shape index (κ3) is 3.23. The number of ketones is 1. The highest BCUT2D eigenvalue weighted by molar-refractivity contribution is 6.01. The van der Waals surface area contributed by atoms with E-state index in [0.29, 0.717) is 18.8 Å². The van der Waals surface area contributed by atoms with Crippen molar-refractivity contribution in [2.45, 2.75) is 31.6 Å². The zero-order chi connectivity index (χ0) is 17.2. The number of Topliss-reactive ketones (excluding diaryl/α,β-unsaturated/α-hetero) is 1. The number of amides is 1. The maximum atomic E-state index is 12.9. The van der Waals surface area contributed by atoms with Crippen LogP contribution in [0.1, 0.15) is 46.7 Å². The Bertz CT molecular complexity index is 776. The highest BCUT2D eigenvalue weighted by Gasteiger charge is 2.33. The molecule has 25 heavy (non-hydrogen) atoms. The Hall–Kier alpha value is -2.42. The number of piperidine rings is 1. The summed E-state index contributed by atoms with van der Waals surface area (Å²) < 4.78 is 0. The fourth-order valence-corrected chi connectivity index (χ4v) is 4.23. The van der Waals surface area contributed by atoms with Crippen LogP contribution in [-0.2, 0) is 11.2 Å². The van der Waals surface area contributed by atoms with Gasteiger partial charge in [-0.1, -0.05) is 54.6 Å². The van der Waals surface area contributed by atoms with E-state index < -0.39 is 0 Å². The standard InChI is InChI=1S/C22H23NO2/c24-21-15-19(14-18-8-4-5-9-20(18)21)22(25)23-12-10-17(11-13-23)16-6-2-1-3-7-16/h1-9,17,19H,10-15H2. The minimum absolute atomic E-state index is 0.111. The molecule has 2 aliphatic rings. The molecule has 1 aliphatic heterocycles. The maximum Gasteiger partial charge on any atom is 0.226 e. The van der Waals surface area contributed by atoms with Crippen LogP contribution in [0.3, 0.4) is 0 Å². The number of fused-ring (bicyclic) bond motifs is 1. The van der Waals surface area contributed by atoms with Crippen molar-refractivity contribution in [1.82, 2.24) is 4.90 Å². The lowest BCUT2D eigenvalue weighted by Gasteiger charge is -2.35. The quantitative estimate of drug-likeness (QED) is 0.837. The highest BCUT2D eigenvalue weighted by Crippen LogP contribution is 2.31. The normalized spacial score (nSPS) is 21.0. The van der Waals surface area contributed by atoms with Gasteiger partial charge in [0.1, 0.15) is 0 Å². The molecule has 128 valence electrons. The first-order chi connectivity index (χ1) is 12.2. The molecule has 2 aromatic rings. The van der Waals surface area contributed by atoms with Gasteiger partial charge in [-0.25, -0.2) is 0 Å². The third-order valence-corrected chi connectivity index (χ3v) is 5.64. The van der Waals surface area contributed by atoms with Gasteiger partial charge in [-0.15, -0.1) is 0 Å². The first-order valence-electron chi connectivity index (χ1n) is 9.17. The molecule has 1 fully saturated rings. The minimum Gasteiger partial charge on any atom is -0.342 e. The summed E-state index contributed by atoms with van der Waals surface area (Å²) in [5.74, 6) is 0.628. The molecule has 1 heterocycles. The average molecular weight is 333 g/mol. The summed E-state index contributed by atoms with van der Waals surface area (Å²) in [5, 5.41) is 0. The van der Waals surface area contributed by atoms with Crippen molar-refractivity contribution in [1.29, 1.82) is 0 Å². The van der Waals surface area contributed by atoms with Crippen LogP contribution in [0.4, 0.5) is 0 Å². The molecule has 1 aliphatic carbocycles. The van der Waals surface area contributed by atoms with E-state index in [1.165, 1.54) is 5.56 Å². The van der Waals surface area contributed by atoms with Crippen LogP contribution in [-0.4, -0.2) is 29.7 Å². The van der Waals surface area contributed by atoms with Gasteiger partial charge in [-0.2, -0.15) is 0 Å². The van der Waals surface area contributed by atoms with Gasteiger partial charge in [0, 0.05) is 31.0 Å².